The van der Waals surface area contributed by atoms with E-state index >= 15 is 0 Å². The van der Waals surface area contributed by atoms with E-state index < -0.39 is 11.9 Å². The molecule has 1 aromatic carbocycles. The van der Waals surface area contributed by atoms with Gasteiger partial charge >= 0.3 is 5.97 Å². The maximum absolute atomic E-state index is 12.2. The van der Waals surface area contributed by atoms with Crippen molar-refractivity contribution in [2.24, 2.45) is 17.8 Å². The van der Waals surface area contributed by atoms with Gasteiger partial charge in [0.25, 0.3) is 0 Å². The van der Waals surface area contributed by atoms with E-state index in [-0.39, 0.29) is 5.91 Å². The third kappa shape index (κ3) is 3.16. The van der Waals surface area contributed by atoms with Crippen LogP contribution in [0.15, 0.2) is 24.3 Å². The van der Waals surface area contributed by atoms with Crippen molar-refractivity contribution in [1.29, 1.82) is 0 Å². The first-order valence-electron chi connectivity index (χ1n) is 8.15. The quantitative estimate of drug-likeness (QED) is 0.872. The van der Waals surface area contributed by atoms with Crippen LogP contribution >= 0.6 is 0 Å². The fourth-order valence-corrected chi connectivity index (χ4v) is 4.10. The van der Waals surface area contributed by atoms with Gasteiger partial charge in [0, 0.05) is 12.1 Å². The van der Waals surface area contributed by atoms with E-state index in [4.69, 9.17) is 5.11 Å². The molecule has 2 N–H and O–H groups in total. The minimum atomic E-state index is -0.856. The number of benzene rings is 1. The monoisotopic (exact) mass is 301 g/mol. The number of carboxylic acids is 1. The van der Waals surface area contributed by atoms with Crippen LogP contribution in [0.3, 0.4) is 0 Å². The summed E-state index contributed by atoms with van der Waals surface area (Å²) in [5, 5.41) is 12.0. The Morgan fingerprint density at radius 2 is 2.14 bits per heavy atom. The highest BCUT2D eigenvalue weighted by Crippen LogP contribution is 2.49. The minimum absolute atomic E-state index is 0.0534. The van der Waals surface area contributed by atoms with Gasteiger partial charge in [0.05, 0.1) is 5.92 Å². The number of anilines is 1. The van der Waals surface area contributed by atoms with Crippen molar-refractivity contribution < 1.29 is 14.7 Å². The van der Waals surface area contributed by atoms with Gasteiger partial charge < -0.3 is 10.4 Å². The molecule has 2 fully saturated rings. The van der Waals surface area contributed by atoms with Gasteiger partial charge in [-0.05, 0) is 61.6 Å². The van der Waals surface area contributed by atoms with E-state index in [0.29, 0.717) is 23.6 Å². The Morgan fingerprint density at radius 1 is 1.32 bits per heavy atom. The molecular weight excluding hydrogens is 278 g/mol. The molecular formula is C18H23NO3. The number of aliphatic carboxylic acids is 1. The Labute approximate surface area is 130 Å². The van der Waals surface area contributed by atoms with Gasteiger partial charge in [-0.1, -0.05) is 18.6 Å². The Balaban J connectivity index is 1.59. The number of carbonyl (C=O) groups excluding carboxylic acids is 1. The SMILES string of the molecule is CC(C(=O)O)c1cccc(NC(=O)CC2CC3CCC2C3)c1. The van der Waals surface area contributed by atoms with Crippen LogP contribution < -0.4 is 5.32 Å². The second-order valence-corrected chi connectivity index (χ2v) is 6.87. The van der Waals surface area contributed by atoms with Crippen LogP contribution in [-0.4, -0.2) is 17.0 Å². The summed E-state index contributed by atoms with van der Waals surface area (Å²) in [6.45, 7) is 1.65. The number of amides is 1. The van der Waals surface area contributed by atoms with E-state index in [1.54, 1.807) is 25.1 Å². The van der Waals surface area contributed by atoms with Gasteiger partial charge in [-0.15, -0.1) is 0 Å². The number of hydrogen-bond donors (Lipinski definition) is 2. The van der Waals surface area contributed by atoms with Crippen LogP contribution in [0.25, 0.3) is 0 Å². The van der Waals surface area contributed by atoms with Gasteiger partial charge in [0.1, 0.15) is 0 Å². The van der Waals surface area contributed by atoms with Crippen LogP contribution in [-0.2, 0) is 9.59 Å². The highest BCUT2D eigenvalue weighted by molar-refractivity contribution is 5.91. The third-order valence-corrected chi connectivity index (χ3v) is 5.37. The number of carbonyl (C=O) groups is 2. The lowest BCUT2D eigenvalue weighted by molar-refractivity contribution is -0.138. The summed E-state index contributed by atoms with van der Waals surface area (Å²) < 4.78 is 0. The van der Waals surface area contributed by atoms with Gasteiger partial charge in [-0.25, -0.2) is 0 Å². The van der Waals surface area contributed by atoms with Crippen molar-refractivity contribution in [3.05, 3.63) is 29.8 Å². The largest absolute Gasteiger partial charge is 0.481 e. The molecule has 1 amide bonds. The van der Waals surface area contributed by atoms with Crippen LogP contribution in [0.2, 0.25) is 0 Å². The zero-order valence-electron chi connectivity index (χ0n) is 12.9. The number of rotatable bonds is 5. The van der Waals surface area contributed by atoms with E-state index in [9.17, 15) is 9.59 Å². The fourth-order valence-electron chi connectivity index (χ4n) is 4.10. The molecule has 0 aromatic heterocycles. The minimum Gasteiger partial charge on any atom is -0.481 e. The molecule has 4 nitrogen and oxygen atoms in total. The molecule has 4 heteroatoms. The van der Waals surface area contributed by atoms with Crippen molar-refractivity contribution in [3.8, 4) is 0 Å². The predicted molar refractivity (Wildman–Crippen MR) is 84.7 cm³/mol. The molecule has 118 valence electrons. The average Bonchev–Trinajstić information content (AvgIpc) is 3.09. The molecule has 2 aliphatic carbocycles. The second kappa shape index (κ2) is 6.11. The van der Waals surface area contributed by atoms with Gasteiger partial charge in [0.2, 0.25) is 5.91 Å². The molecule has 0 saturated heterocycles. The van der Waals surface area contributed by atoms with Crippen LogP contribution in [0.5, 0.6) is 0 Å². The highest BCUT2D eigenvalue weighted by Gasteiger charge is 2.40. The summed E-state index contributed by atoms with van der Waals surface area (Å²) in [5.74, 6) is 0.766. The molecule has 4 atom stereocenters. The molecule has 3 rings (SSSR count). The fraction of sp³-hybridized carbons (Fsp3) is 0.556. The van der Waals surface area contributed by atoms with E-state index in [1.807, 2.05) is 6.07 Å². The zero-order chi connectivity index (χ0) is 15.7. The van der Waals surface area contributed by atoms with Crippen LogP contribution in [0.1, 0.15) is 50.5 Å². The maximum atomic E-state index is 12.2. The van der Waals surface area contributed by atoms with E-state index in [1.165, 1.54) is 25.7 Å². The van der Waals surface area contributed by atoms with Crippen LogP contribution in [0, 0.1) is 17.8 Å². The smallest absolute Gasteiger partial charge is 0.310 e. The molecule has 2 saturated carbocycles. The number of fused-ring (bicyclic) bond motifs is 2. The van der Waals surface area contributed by atoms with Crippen LogP contribution in [0.4, 0.5) is 5.69 Å². The summed E-state index contributed by atoms with van der Waals surface area (Å²) in [7, 11) is 0. The van der Waals surface area contributed by atoms with Crippen molar-refractivity contribution >= 4 is 17.6 Å². The molecule has 2 bridgehead atoms. The highest BCUT2D eigenvalue weighted by atomic mass is 16.4. The number of nitrogens with one attached hydrogen (secondary N) is 1. The Hall–Kier alpha value is -1.84. The second-order valence-electron chi connectivity index (χ2n) is 6.87. The average molecular weight is 301 g/mol. The van der Waals surface area contributed by atoms with E-state index in [0.717, 1.165) is 11.8 Å². The van der Waals surface area contributed by atoms with Crippen molar-refractivity contribution in [2.45, 2.75) is 44.9 Å². The first kappa shape index (κ1) is 15.1. The lowest BCUT2D eigenvalue weighted by Gasteiger charge is -2.21. The number of carboxylic acid groups (broad SMARTS) is 1. The summed E-state index contributed by atoms with van der Waals surface area (Å²) in [5.41, 5.74) is 1.41. The molecule has 0 aliphatic heterocycles. The van der Waals surface area contributed by atoms with Crippen molar-refractivity contribution in [1.82, 2.24) is 0 Å². The van der Waals surface area contributed by atoms with E-state index in [2.05, 4.69) is 5.32 Å². The lowest BCUT2D eigenvalue weighted by Crippen LogP contribution is -2.20. The molecule has 0 heterocycles. The molecule has 4 unspecified atom stereocenters. The van der Waals surface area contributed by atoms with Gasteiger partial charge in [0.15, 0.2) is 0 Å². The van der Waals surface area contributed by atoms with Gasteiger partial charge in [-0.2, -0.15) is 0 Å². The van der Waals surface area contributed by atoms with Crippen molar-refractivity contribution in [3.63, 3.8) is 0 Å². The lowest BCUT2D eigenvalue weighted by atomic mass is 9.86. The summed E-state index contributed by atoms with van der Waals surface area (Å²) in [4.78, 5) is 23.3. The summed E-state index contributed by atoms with van der Waals surface area (Å²) in [6.07, 6.45) is 5.74. The summed E-state index contributed by atoms with van der Waals surface area (Å²) in [6, 6.07) is 7.15. The molecule has 2 aliphatic rings. The molecule has 0 radical (unpaired) electrons. The Bertz CT molecular complexity index is 583. The topological polar surface area (TPSA) is 66.4 Å². The molecule has 22 heavy (non-hydrogen) atoms. The van der Waals surface area contributed by atoms with Gasteiger partial charge in [-0.3, -0.25) is 9.59 Å². The summed E-state index contributed by atoms with van der Waals surface area (Å²) >= 11 is 0. The Kier molecular flexibility index (Phi) is 4.19. The Morgan fingerprint density at radius 3 is 2.77 bits per heavy atom. The molecule has 1 aromatic rings. The predicted octanol–water partition coefficient (Wildman–Crippen LogP) is 3.64. The van der Waals surface area contributed by atoms with Crippen molar-refractivity contribution in [2.75, 3.05) is 5.32 Å². The zero-order valence-corrected chi connectivity index (χ0v) is 12.9. The third-order valence-electron chi connectivity index (χ3n) is 5.37. The first-order chi connectivity index (χ1) is 10.5. The number of hydrogen-bond acceptors (Lipinski definition) is 2. The maximum Gasteiger partial charge on any atom is 0.310 e. The molecule has 0 spiro atoms. The normalized spacial score (nSPS) is 27.6. The standard InChI is InChI=1S/C18H23NO3/c1-11(18(21)22)13-3-2-4-16(9-13)19-17(20)10-15-8-12-5-6-14(15)7-12/h2-4,9,11-12,14-15H,5-8,10H2,1H3,(H,19,20)(H,21,22). The first-order valence-corrected chi connectivity index (χ1v) is 8.15.